The van der Waals surface area contributed by atoms with E-state index in [2.05, 4.69) is 243 Å². The first-order valence-electron chi connectivity index (χ1n) is 23.9. The summed E-state index contributed by atoms with van der Waals surface area (Å²) in [7, 11) is 0. The molecule has 68 heavy (non-hydrogen) atoms. The zero-order valence-electron chi connectivity index (χ0n) is 38.3. The van der Waals surface area contributed by atoms with Crippen LogP contribution in [0.4, 0.5) is 0 Å². The molecule has 0 atom stereocenters. The highest BCUT2D eigenvalue weighted by molar-refractivity contribution is 7.16. The number of benzene rings is 8. The summed E-state index contributed by atoms with van der Waals surface area (Å²) in [5.74, 6) is 0. The number of hydrogen-bond acceptors (Lipinski definition) is 2. The monoisotopic (exact) mass is 906 g/mol. The molecule has 0 unspecified atom stereocenters. The normalized spacial score (nSPS) is 16.4. The lowest BCUT2D eigenvalue weighted by atomic mass is 9.48. The Bertz CT molecular complexity index is 3600. The molecule has 3 aliphatic rings. The maximum absolute atomic E-state index is 2.64. The van der Waals surface area contributed by atoms with Crippen molar-refractivity contribution < 1.29 is 0 Å². The van der Waals surface area contributed by atoms with Crippen molar-refractivity contribution in [2.45, 2.75) is 49.4 Å². The molecule has 3 aliphatic carbocycles. The highest BCUT2D eigenvalue weighted by Crippen LogP contribution is 2.70. The summed E-state index contributed by atoms with van der Waals surface area (Å²) in [4.78, 5) is 2.79. The van der Waals surface area contributed by atoms with Gasteiger partial charge in [-0.15, -0.1) is 22.7 Å². The first kappa shape index (κ1) is 38.8. The Balaban J connectivity index is 1.19. The number of hydrogen-bond donors (Lipinski definition) is 0. The largest absolute Gasteiger partial charge is 0.301 e. The van der Waals surface area contributed by atoms with Gasteiger partial charge in [0.1, 0.15) is 10.0 Å². The van der Waals surface area contributed by atoms with Crippen LogP contribution in [0.25, 0.3) is 53.6 Å². The van der Waals surface area contributed by atoms with Gasteiger partial charge >= 0.3 is 0 Å². The van der Waals surface area contributed by atoms with Gasteiger partial charge in [-0.05, 0) is 92.0 Å². The molecular weight excluding hydrogens is 861 g/mol. The summed E-state index contributed by atoms with van der Waals surface area (Å²) in [6.07, 6.45) is 0. The van der Waals surface area contributed by atoms with Crippen molar-refractivity contribution in [3.05, 3.63) is 272 Å². The van der Waals surface area contributed by atoms with Gasteiger partial charge in [-0.25, -0.2) is 0 Å². The van der Waals surface area contributed by atoms with Crippen LogP contribution in [-0.2, 0) is 21.7 Å². The Kier molecular flexibility index (Phi) is 7.57. The molecule has 8 aromatic carbocycles. The Hall–Kier alpha value is -7.24. The SMILES string of the molecule is CC1(C)c2ccccc2C2(c3ccccc31)c1cc(-n3c4ccccc4c4ccccc43)sc1C1(c3ccccc3C(C)(C)c3ccccc31)c1cc(-n3c4ccccc4c4ccccc43)sc12. The predicted molar refractivity (Wildman–Crippen MR) is 285 cm³/mol. The third kappa shape index (κ3) is 4.50. The van der Waals surface area contributed by atoms with Crippen LogP contribution < -0.4 is 0 Å². The minimum Gasteiger partial charge on any atom is -0.301 e. The van der Waals surface area contributed by atoms with E-state index >= 15 is 0 Å². The van der Waals surface area contributed by atoms with Gasteiger partial charge < -0.3 is 9.13 Å². The van der Waals surface area contributed by atoms with E-state index < -0.39 is 10.8 Å². The fourth-order valence-corrected chi connectivity index (χ4v) is 16.7. The Morgan fingerprint density at radius 1 is 0.279 bits per heavy atom. The van der Waals surface area contributed by atoms with Crippen LogP contribution >= 0.6 is 22.7 Å². The van der Waals surface area contributed by atoms with E-state index in [1.165, 1.54) is 119 Å². The van der Waals surface area contributed by atoms with E-state index in [1.54, 1.807) is 0 Å². The first-order valence-corrected chi connectivity index (χ1v) is 25.6. The predicted octanol–water partition coefficient (Wildman–Crippen LogP) is 16.4. The lowest BCUT2D eigenvalue weighted by Crippen LogP contribution is -2.50. The number of rotatable bonds is 2. The van der Waals surface area contributed by atoms with Gasteiger partial charge in [0.05, 0.1) is 32.9 Å². The molecule has 0 N–H and O–H groups in total. The fourth-order valence-electron chi connectivity index (χ4n) is 13.7. The second kappa shape index (κ2) is 13.3. The maximum Gasteiger partial charge on any atom is 0.101 e. The smallest absolute Gasteiger partial charge is 0.101 e. The molecule has 2 nitrogen and oxygen atoms in total. The lowest BCUT2D eigenvalue weighted by molar-refractivity contribution is 0.522. The summed E-state index contributed by atoms with van der Waals surface area (Å²) >= 11 is 4.02. The van der Waals surface area contributed by atoms with E-state index in [-0.39, 0.29) is 10.8 Å². The van der Waals surface area contributed by atoms with E-state index in [1.807, 2.05) is 22.7 Å². The van der Waals surface area contributed by atoms with Crippen LogP contribution in [0.1, 0.15) is 93.1 Å². The zero-order valence-corrected chi connectivity index (χ0v) is 40.0. The third-order valence-electron chi connectivity index (χ3n) is 16.5. The Morgan fingerprint density at radius 2 is 0.515 bits per heavy atom. The van der Waals surface area contributed by atoms with Gasteiger partial charge in [0.15, 0.2) is 0 Å². The molecule has 0 amide bonds. The topological polar surface area (TPSA) is 9.86 Å². The van der Waals surface area contributed by atoms with Crippen molar-refractivity contribution in [1.82, 2.24) is 9.13 Å². The highest BCUT2D eigenvalue weighted by Gasteiger charge is 2.62. The van der Waals surface area contributed by atoms with Crippen LogP contribution in [0.5, 0.6) is 0 Å². The van der Waals surface area contributed by atoms with Gasteiger partial charge in [-0.1, -0.05) is 198 Å². The molecule has 0 bridgehead atoms. The number of thiophene rings is 2. The molecule has 2 spiro atoms. The minimum absolute atomic E-state index is 0.236. The van der Waals surface area contributed by atoms with E-state index in [9.17, 15) is 0 Å². The average Bonchev–Trinajstić information content (AvgIpc) is 4.17. The summed E-state index contributed by atoms with van der Waals surface area (Å²) in [5, 5.41) is 7.59. The van der Waals surface area contributed by atoms with Crippen LogP contribution in [0.2, 0.25) is 0 Å². The van der Waals surface area contributed by atoms with Crippen molar-refractivity contribution in [3.63, 3.8) is 0 Å². The molecule has 0 saturated carbocycles. The molecule has 0 radical (unpaired) electrons. The molecule has 0 aliphatic heterocycles. The second-order valence-electron chi connectivity index (χ2n) is 20.3. The molecule has 324 valence electrons. The quantitative estimate of drug-likeness (QED) is 0.164. The first-order chi connectivity index (χ1) is 33.3. The second-order valence-corrected chi connectivity index (χ2v) is 22.4. The molecule has 4 heteroatoms. The lowest BCUT2D eigenvalue weighted by Gasteiger charge is -2.55. The summed E-state index contributed by atoms with van der Waals surface area (Å²) < 4.78 is 5.14. The Morgan fingerprint density at radius 3 is 0.794 bits per heavy atom. The maximum atomic E-state index is 2.64. The van der Waals surface area contributed by atoms with Crippen molar-refractivity contribution in [3.8, 4) is 10.0 Å². The number of fused-ring (bicyclic) bond motifs is 20. The van der Waals surface area contributed by atoms with Gasteiger partial charge in [0, 0.05) is 42.1 Å². The molecule has 15 rings (SSSR count). The van der Waals surface area contributed by atoms with Crippen molar-refractivity contribution in [1.29, 1.82) is 0 Å². The molecule has 4 heterocycles. The summed E-state index contributed by atoms with van der Waals surface area (Å²) in [6, 6.07) is 79.1. The van der Waals surface area contributed by atoms with Crippen molar-refractivity contribution in [2.24, 2.45) is 0 Å². The van der Waals surface area contributed by atoms with E-state index in [0.717, 1.165) is 0 Å². The van der Waals surface area contributed by atoms with Gasteiger partial charge in [-0.3, -0.25) is 0 Å². The van der Waals surface area contributed by atoms with Gasteiger partial charge in [0.2, 0.25) is 0 Å². The van der Waals surface area contributed by atoms with Crippen molar-refractivity contribution >= 4 is 66.3 Å². The van der Waals surface area contributed by atoms with E-state index in [4.69, 9.17) is 0 Å². The molecule has 4 aromatic heterocycles. The van der Waals surface area contributed by atoms with Crippen LogP contribution in [0.15, 0.2) is 206 Å². The number of nitrogens with zero attached hydrogens (tertiary/aromatic N) is 2. The van der Waals surface area contributed by atoms with Gasteiger partial charge in [0.25, 0.3) is 0 Å². The summed E-state index contributed by atoms with van der Waals surface area (Å²) in [6.45, 7) is 9.76. The van der Waals surface area contributed by atoms with Gasteiger partial charge in [-0.2, -0.15) is 0 Å². The minimum atomic E-state index is -0.648. The van der Waals surface area contributed by atoms with Crippen LogP contribution in [0.3, 0.4) is 0 Å². The number of aromatic nitrogens is 2. The molecule has 12 aromatic rings. The third-order valence-corrected chi connectivity index (χ3v) is 19.0. The number of para-hydroxylation sites is 4. The molecule has 0 saturated heterocycles. The average molecular weight is 907 g/mol. The standard InChI is InChI=1S/C64H46N2S2/c1-61(2)43-25-9-13-29-47(43)63(48-30-14-10-26-44(48)61)51-37-57(65-53-33-17-5-21-39(53)40-22-6-18-34-54(40)65)68-60(51)64(49-31-15-11-27-45(49)62(3,4)46-28-12-16-32-50(46)64)52-38-58(67-59(52)63)66-55-35-19-7-23-41(55)42-24-8-20-36-56(42)66/h5-38H,1-4H3. The van der Waals surface area contributed by atoms with Crippen molar-refractivity contribution in [2.75, 3.05) is 0 Å². The molecular formula is C64H46N2S2. The van der Waals surface area contributed by atoms with Crippen LogP contribution in [0, 0.1) is 0 Å². The zero-order chi connectivity index (χ0) is 45.3. The Labute approximate surface area is 404 Å². The van der Waals surface area contributed by atoms with E-state index in [0.29, 0.717) is 0 Å². The van der Waals surface area contributed by atoms with Crippen LogP contribution in [-0.4, -0.2) is 9.13 Å². The fraction of sp³-hybridized carbons (Fsp3) is 0.125. The summed E-state index contributed by atoms with van der Waals surface area (Å²) in [5.41, 5.74) is 16.9. The highest BCUT2D eigenvalue weighted by atomic mass is 32.1. The molecule has 0 fully saturated rings.